The summed E-state index contributed by atoms with van der Waals surface area (Å²) in [6.07, 6.45) is 0.215. The van der Waals surface area contributed by atoms with Crippen molar-refractivity contribution >= 4 is 17.3 Å². The van der Waals surface area contributed by atoms with E-state index in [1.54, 1.807) is 24.3 Å². The fraction of sp³-hybridized carbons (Fsp3) is 0.278. The maximum absolute atomic E-state index is 13.1. The van der Waals surface area contributed by atoms with Crippen LogP contribution >= 0.6 is 0 Å². The molecule has 0 saturated heterocycles. The average molecular weight is 348 g/mol. The molecule has 0 aliphatic carbocycles. The largest absolute Gasteiger partial charge is 0.493 e. The van der Waals surface area contributed by atoms with E-state index >= 15 is 0 Å². The van der Waals surface area contributed by atoms with Crippen LogP contribution in [0.2, 0.25) is 0 Å². The van der Waals surface area contributed by atoms with E-state index in [-0.39, 0.29) is 18.1 Å². The Morgan fingerprint density at radius 1 is 1.00 bits per heavy atom. The third kappa shape index (κ3) is 5.00. The molecule has 0 bridgehead atoms. The van der Waals surface area contributed by atoms with Crippen LogP contribution in [0, 0.1) is 5.82 Å². The Kier molecular flexibility index (Phi) is 6.45. The topological polar surface area (TPSA) is 68.8 Å². The van der Waals surface area contributed by atoms with Crippen molar-refractivity contribution in [1.29, 1.82) is 0 Å². The first-order valence-electron chi connectivity index (χ1n) is 7.66. The quantitative estimate of drug-likeness (QED) is 0.766. The standard InChI is InChI=1S/C18H21FN2O4/c1-23-15-10-14(11-16(24-2)18(15)25-3)21-17(22)7-8-20-13-6-4-5-12(19)9-13/h4-6,9-11,20H,7-8H2,1-3H3,(H,21,22). The van der Waals surface area contributed by atoms with Gasteiger partial charge in [-0.1, -0.05) is 6.07 Å². The van der Waals surface area contributed by atoms with Gasteiger partial charge in [0.2, 0.25) is 11.7 Å². The summed E-state index contributed by atoms with van der Waals surface area (Å²) in [5.41, 5.74) is 1.16. The second-order valence-corrected chi connectivity index (χ2v) is 5.15. The van der Waals surface area contributed by atoms with E-state index in [0.29, 0.717) is 35.2 Å². The summed E-state index contributed by atoms with van der Waals surface area (Å²) < 4.78 is 28.8. The molecule has 1 amide bonds. The molecule has 2 N–H and O–H groups in total. The summed E-state index contributed by atoms with van der Waals surface area (Å²) in [5, 5.41) is 5.77. The number of halogens is 1. The first kappa shape index (κ1) is 18.4. The van der Waals surface area contributed by atoms with Gasteiger partial charge in [0.25, 0.3) is 0 Å². The molecule has 0 atom stereocenters. The van der Waals surface area contributed by atoms with E-state index in [9.17, 15) is 9.18 Å². The molecule has 0 fully saturated rings. The Bertz CT molecular complexity index is 712. The molecule has 0 heterocycles. The highest BCUT2D eigenvalue weighted by atomic mass is 19.1. The minimum atomic E-state index is -0.327. The zero-order valence-electron chi connectivity index (χ0n) is 14.4. The predicted molar refractivity (Wildman–Crippen MR) is 94.2 cm³/mol. The highest BCUT2D eigenvalue weighted by Gasteiger charge is 2.14. The van der Waals surface area contributed by atoms with Gasteiger partial charge in [0, 0.05) is 36.5 Å². The number of amides is 1. The van der Waals surface area contributed by atoms with Crippen molar-refractivity contribution < 1.29 is 23.4 Å². The van der Waals surface area contributed by atoms with Crippen molar-refractivity contribution in [2.45, 2.75) is 6.42 Å². The summed E-state index contributed by atoms with van der Waals surface area (Å²) >= 11 is 0. The predicted octanol–water partition coefficient (Wildman–Crippen LogP) is 3.29. The van der Waals surface area contributed by atoms with Crippen molar-refractivity contribution in [3.8, 4) is 17.2 Å². The van der Waals surface area contributed by atoms with Crippen molar-refractivity contribution in [3.63, 3.8) is 0 Å². The van der Waals surface area contributed by atoms with Crippen LogP contribution in [0.3, 0.4) is 0 Å². The Labute approximate surface area is 145 Å². The number of carbonyl (C=O) groups is 1. The molecule has 0 radical (unpaired) electrons. The van der Waals surface area contributed by atoms with Crippen molar-refractivity contribution in [3.05, 3.63) is 42.2 Å². The smallest absolute Gasteiger partial charge is 0.226 e. The zero-order chi connectivity index (χ0) is 18.2. The number of anilines is 2. The molecule has 2 aromatic carbocycles. The van der Waals surface area contributed by atoms with Gasteiger partial charge in [-0.3, -0.25) is 4.79 Å². The molecule has 134 valence electrons. The van der Waals surface area contributed by atoms with Gasteiger partial charge in [-0.15, -0.1) is 0 Å². The lowest BCUT2D eigenvalue weighted by atomic mass is 10.2. The maximum atomic E-state index is 13.1. The lowest BCUT2D eigenvalue weighted by Crippen LogP contribution is -2.16. The number of methoxy groups -OCH3 is 3. The van der Waals surface area contributed by atoms with Gasteiger partial charge in [0.15, 0.2) is 11.5 Å². The van der Waals surface area contributed by atoms with Gasteiger partial charge in [-0.2, -0.15) is 0 Å². The minimum absolute atomic E-state index is 0.196. The van der Waals surface area contributed by atoms with E-state index in [0.717, 1.165) is 0 Å². The summed E-state index contributed by atoms with van der Waals surface area (Å²) in [5.74, 6) is 0.839. The third-order valence-corrected chi connectivity index (χ3v) is 3.45. The van der Waals surface area contributed by atoms with E-state index in [2.05, 4.69) is 10.6 Å². The second kappa shape index (κ2) is 8.77. The molecule has 2 rings (SSSR count). The number of benzene rings is 2. The zero-order valence-corrected chi connectivity index (χ0v) is 14.4. The molecule has 25 heavy (non-hydrogen) atoms. The molecule has 0 saturated carbocycles. The van der Waals surface area contributed by atoms with Gasteiger partial charge in [-0.25, -0.2) is 4.39 Å². The molecular weight excluding hydrogens is 327 g/mol. The van der Waals surface area contributed by atoms with Crippen molar-refractivity contribution in [1.82, 2.24) is 0 Å². The lowest BCUT2D eigenvalue weighted by molar-refractivity contribution is -0.115. The highest BCUT2D eigenvalue weighted by molar-refractivity contribution is 5.91. The molecule has 0 unspecified atom stereocenters. The SMILES string of the molecule is COc1cc(NC(=O)CCNc2cccc(F)c2)cc(OC)c1OC. The normalized spacial score (nSPS) is 10.1. The van der Waals surface area contributed by atoms with Gasteiger partial charge in [-0.05, 0) is 18.2 Å². The van der Waals surface area contributed by atoms with Gasteiger partial charge >= 0.3 is 0 Å². The molecule has 0 aliphatic heterocycles. The molecule has 0 spiro atoms. The maximum Gasteiger partial charge on any atom is 0.226 e. The number of rotatable bonds is 8. The monoisotopic (exact) mass is 348 g/mol. The van der Waals surface area contributed by atoms with Crippen LogP contribution in [0.25, 0.3) is 0 Å². The molecule has 7 heteroatoms. The average Bonchev–Trinajstić information content (AvgIpc) is 2.60. The van der Waals surface area contributed by atoms with Crippen LogP contribution in [0.15, 0.2) is 36.4 Å². The number of hydrogen-bond donors (Lipinski definition) is 2. The summed E-state index contributed by atoms with van der Waals surface area (Å²) in [6.45, 7) is 0.375. The second-order valence-electron chi connectivity index (χ2n) is 5.15. The van der Waals surface area contributed by atoms with Crippen LogP contribution in [0.5, 0.6) is 17.2 Å². The fourth-order valence-corrected chi connectivity index (χ4v) is 2.30. The Morgan fingerprint density at radius 2 is 1.68 bits per heavy atom. The fourth-order valence-electron chi connectivity index (χ4n) is 2.30. The summed E-state index contributed by atoms with van der Waals surface area (Å²) in [4.78, 5) is 12.1. The summed E-state index contributed by atoms with van der Waals surface area (Å²) in [6, 6.07) is 9.38. The first-order chi connectivity index (χ1) is 12.1. The van der Waals surface area contributed by atoms with Crippen LogP contribution in [-0.4, -0.2) is 33.8 Å². The van der Waals surface area contributed by atoms with Gasteiger partial charge in [0.1, 0.15) is 5.82 Å². The van der Waals surface area contributed by atoms with Crippen molar-refractivity contribution in [2.24, 2.45) is 0 Å². The minimum Gasteiger partial charge on any atom is -0.493 e. The van der Waals surface area contributed by atoms with E-state index in [4.69, 9.17) is 14.2 Å². The van der Waals surface area contributed by atoms with E-state index in [1.807, 2.05) is 0 Å². The molecule has 0 aliphatic rings. The molecule has 0 aromatic heterocycles. The highest BCUT2D eigenvalue weighted by Crippen LogP contribution is 2.39. The first-order valence-corrected chi connectivity index (χ1v) is 7.66. The lowest BCUT2D eigenvalue weighted by Gasteiger charge is -2.14. The molecule has 2 aromatic rings. The van der Waals surface area contributed by atoms with E-state index < -0.39 is 0 Å². The molecule has 6 nitrogen and oxygen atoms in total. The molecular formula is C18H21FN2O4. The van der Waals surface area contributed by atoms with Crippen LogP contribution in [0.1, 0.15) is 6.42 Å². The van der Waals surface area contributed by atoms with Gasteiger partial charge < -0.3 is 24.8 Å². The van der Waals surface area contributed by atoms with Gasteiger partial charge in [0.05, 0.1) is 21.3 Å². The number of carbonyl (C=O) groups excluding carboxylic acids is 1. The third-order valence-electron chi connectivity index (χ3n) is 3.45. The Hall–Kier alpha value is -2.96. The van der Waals surface area contributed by atoms with Crippen LogP contribution < -0.4 is 24.8 Å². The Balaban J connectivity index is 1.95. The van der Waals surface area contributed by atoms with Crippen LogP contribution in [-0.2, 0) is 4.79 Å². The number of nitrogens with one attached hydrogen (secondary N) is 2. The van der Waals surface area contributed by atoms with Crippen LogP contribution in [0.4, 0.5) is 15.8 Å². The number of ether oxygens (including phenoxy) is 3. The Morgan fingerprint density at radius 3 is 2.24 bits per heavy atom. The van der Waals surface area contributed by atoms with Crippen molar-refractivity contribution in [2.75, 3.05) is 38.5 Å². The number of hydrogen-bond acceptors (Lipinski definition) is 5. The summed E-state index contributed by atoms with van der Waals surface area (Å²) in [7, 11) is 4.52. The van der Waals surface area contributed by atoms with E-state index in [1.165, 1.54) is 33.5 Å².